The molecule has 1 fully saturated rings. The fraction of sp³-hybridized carbons (Fsp3) is 0.333. The number of furan rings is 1. The Labute approximate surface area is 93.7 Å². The molecule has 0 aromatic carbocycles. The van der Waals surface area contributed by atoms with E-state index in [1.54, 1.807) is 6.26 Å². The molecule has 0 radical (unpaired) electrons. The van der Waals surface area contributed by atoms with Gasteiger partial charge in [0.15, 0.2) is 11.6 Å². The first-order chi connectivity index (χ1) is 7.86. The standard InChI is InChI=1S/C12H13N3O/c1-13-11-7-9(8-4-5-8)14-12(15-11)10-3-2-6-16-10/h2-3,6-8H,4-5H2,1H3,(H,13,14,15). The topological polar surface area (TPSA) is 51.0 Å². The van der Waals surface area contributed by atoms with Crippen LogP contribution in [0, 0.1) is 0 Å². The third-order valence-electron chi connectivity index (χ3n) is 2.74. The molecule has 0 spiro atoms. The van der Waals surface area contributed by atoms with E-state index in [9.17, 15) is 0 Å². The molecule has 0 unspecified atom stereocenters. The van der Waals surface area contributed by atoms with Crippen LogP contribution in [0.1, 0.15) is 24.5 Å². The van der Waals surface area contributed by atoms with Gasteiger partial charge in [-0.3, -0.25) is 0 Å². The minimum atomic E-state index is 0.615. The van der Waals surface area contributed by atoms with Crippen molar-refractivity contribution in [2.75, 3.05) is 12.4 Å². The van der Waals surface area contributed by atoms with Gasteiger partial charge in [0, 0.05) is 24.7 Å². The van der Waals surface area contributed by atoms with Gasteiger partial charge < -0.3 is 9.73 Å². The van der Waals surface area contributed by atoms with Crippen molar-refractivity contribution in [2.45, 2.75) is 18.8 Å². The molecular formula is C12H13N3O. The molecule has 0 atom stereocenters. The average Bonchev–Trinajstić information content (AvgIpc) is 3.04. The number of hydrogen-bond donors (Lipinski definition) is 1. The van der Waals surface area contributed by atoms with Gasteiger partial charge in [-0.15, -0.1) is 0 Å². The van der Waals surface area contributed by atoms with E-state index in [1.165, 1.54) is 12.8 Å². The maximum atomic E-state index is 5.32. The number of nitrogens with one attached hydrogen (secondary N) is 1. The lowest BCUT2D eigenvalue weighted by molar-refractivity contribution is 0.577. The van der Waals surface area contributed by atoms with Gasteiger partial charge in [0.2, 0.25) is 0 Å². The second kappa shape index (κ2) is 3.63. The highest BCUT2D eigenvalue weighted by molar-refractivity contribution is 5.51. The Morgan fingerprint density at radius 2 is 2.25 bits per heavy atom. The largest absolute Gasteiger partial charge is 0.461 e. The summed E-state index contributed by atoms with van der Waals surface area (Å²) in [4.78, 5) is 8.93. The van der Waals surface area contributed by atoms with Gasteiger partial charge in [0.1, 0.15) is 5.82 Å². The van der Waals surface area contributed by atoms with Gasteiger partial charge in [-0.05, 0) is 25.0 Å². The van der Waals surface area contributed by atoms with Crippen molar-refractivity contribution in [2.24, 2.45) is 0 Å². The molecule has 0 bridgehead atoms. The van der Waals surface area contributed by atoms with Crippen LogP contribution in [0.25, 0.3) is 11.6 Å². The van der Waals surface area contributed by atoms with E-state index in [0.29, 0.717) is 11.7 Å². The number of aromatic nitrogens is 2. The Balaban J connectivity index is 2.06. The highest BCUT2D eigenvalue weighted by Gasteiger charge is 2.26. The van der Waals surface area contributed by atoms with Crippen LogP contribution < -0.4 is 5.32 Å². The Morgan fingerprint density at radius 3 is 2.88 bits per heavy atom. The zero-order valence-corrected chi connectivity index (χ0v) is 9.10. The lowest BCUT2D eigenvalue weighted by Gasteiger charge is -2.05. The highest BCUT2D eigenvalue weighted by atomic mass is 16.3. The molecule has 0 saturated heterocycles. The van der Waals surface area contributed by atoms with Crippen molar-refractivity contribution in [3.05, 3.63) is 30.2 Å². The van der Waals surface area contributed by atoms with Crippen molar-refractivity contribution in [3.8, 4) is 11.6 Å². The molecule has 16 heavy (non-hydrogen) atoms. The van der Waals surface area contributed by atoms with Crippen LogP contribution in [-0.2, 0) is 0 Å². The van der Waals surface area contributed by atoms with Gasteiger partial charge in [-0.1, -0.05) is 0 Å². The molecule has 1 aliphatic carbocycles. The van der Waals surface area contributed by atoms with Crippen LogP contribution in [0.15, 0.2) is 28.9 Å². The van der Waals surface area contributed by atoms with Crippen molar-refractivity contribution >= 4 is 5.82 Å². The molecular weight excluding hydrogens is 202 g/mol. The third kappa shape index (κ3) is 1.66. The number of nitrogens with zero attached hydrogens (tertiary/aromatic N) is 2. The quantitative estimate of drug-likeness (QED) is 0.855. The van der Waals surface area contributed by atoms with Crippen LogP contribution in [-0.4, -0.2) is 17.0 Å². The molecule has 0 amide bonds. The molecule has 1 saturated carbocycles. The Kier molecular flexibility index (Phi) is 2.13. The Bertz CT molecular complexity index is 489. The van der Waals surface area contributed by atoms with Crippen LogP contribution in [0.2, 0.25) is 0 Å². The first-order valence-electron chi connectivity index (χ1n) is 5.47. The van der Waals surface area contributed by atoms with Crippen LogP contribution >= 0.6 is 0 Å². The SMILES string of the molecule is CNc1cc(C2CC2)nc(-c2ccco2)n1. The predicted octanol–water partition coefficient (Wildman–Crippen LogP) is 2.66. The van der Waals surface area contributed by atoms with Crippen molar-refractivity contribution in [1.82, 2.24) is 9.97 Å². The zero-order valence-electron chi connectivity index (χ0n) is 9.10. The first-order valence-corrected chi connectivity index (χ1v) is 5.47. The van der Waals surface area contributed by atoms with E-state index in [1.807, 2.05) is 25.2 Å². The van der Waals surface area contributed by atoms with Crippen LogP contribution in [0.5, 0.6) is 0 Å². The maximum absolute atomic E-state index is 5.32. The second-order valence-electron chi connectivity index (χ2n) is 4.00. The lowest BCUT2D eigenvalue weighted by Crippen LogP contribution is -1.99. The number of hydrogen-bond acceptors (Lipinski definition) is 4. The summed E-state index contributed by atoms with van der Waals surface area (Å²) in [5.41, 5.74) is 1.12. The van der Waals surface area contributed by atoms with Crippen LogP contribution in [0.3, 0.4) is 0 Å². The minimum absolute atomic E-state index is 0.615. The molecule has 82 valence electrons. The smallest absolute Gasteiger partial charge is 0.197 e. The van der Waals surface area contributed by atoms with E-state index in [2.05, 4.69) is 15.3 Å². The third-order valence-corrected chi connectivity index (χ3v) is 2.74. The number of rotatable bonds is 3. The van der Waals surface area contributed by atoms with Gasteiger partial charge in [-0.25, -0.2) is 9.97 Å². The molecule has 1 N–H and O–H groups in total. The normalized spacial score (nSPS) is 15.1. The zero-order chi connectivity index (χ0) is 11.0. The second-order valence-corrected chi connectivity index (χ2v) is 4.00. The fourth-order valence-corrected chi connectivity index (χ4v) is 1.70. The monoisotopic (exact) mass is 215 g/mol. The summed E-state index contributed by atoms with van der Waals surface area (Å²) in [6.07, 6.45) is 4.11. The van der Waals surface area contributed by atoms with E-state index in [-0.39, 0.29) is 0 Å². The highest BCUT2D eigenvalue weighted by Crippen LogP contribution is 2.40. The molecule has 4 heteroatoms. The Hall–Kier alpha value is -1.84. The van der Waals surface area contributed by atoms with Gasteiger partial charge in [0.05, 0.1) is 6.26 Å². The summed E-state index contributed by atoms with van der Waals surface area (Å²) in [5, 5.41) is 3.06. The van der Waals surface area contributed by atoms with E-state index >= 15 is 0 Å². The van der Waals surface area contributed by atoms with Crippen molar-refractivity contribution in [1.29, 1.82) is 0 Å². The summed E-state index contributed by atoms with van der Waals surface area (Å²) in [6.45, 7) is 0. The molecule has 2 aromatic rings. The number of anilines is 1. The summed E-state index contributed by atoms with van der Waals surface area (Å²) < 4.78 is 5.32. The summed E-state index contributed by atoms with van der Waals surface area (Å²) in [6, 6.07) is 5.75. The summed E-state index contributed by atoms with van der Waals surface area (Å²) >= 11 is 0. The van der Waals surface area contributed by atoms with E-state index in [4.69, 9.17) is 4.42 Å². The van der Waals surface area contributed by atoms with Gasteiger partial charge in [-0.2, -0.15) is 0 Å². The molecule has 0 aliphatic heterocycles. The molecule has 2 heterocycles. The van der Waals surface area contributed by atoms with Gasteiger partial charge in [0.25, 0.3) is 0 Å². The minimum Gasteiger partial charge on any atom is -0.461 e. The van der Waals surface area contributed by atoms with E-state index in [0.717, 1.165) is 17.3 Å². The van der Waals surface area contributed by atoms with E-state index < -0.39 is 0 Å². The first kappa shape index (κ1) is 9.39. The predicted molar refractivity (Wildman–Crippen MR) is 61.3 cm³/mol. The summed E-state index contributed by atoms with van der Waals surface area (Å²) in [5.74, 6) is 2.85. The fourth-order valence-electron chi connectivity index (χ4n) is 1.70. The molecule has 4 nitrogen and oxygen atoms in total. The average molecular weight is 215 g/mol. The molecule has 2 aromatic heterocycles. The molecule has 3 rings (SSSR count). The van der Waals surface area contributed by atoms with Crippen molar-refractivity contribution < 1.29 is 4.42 Å². The van der Waals surface area contributed by atoms with Crippen molar-refractivity contribution in [3.63, 3.8) is 0 Å². The van der Waals surface area contributed by atoms with Gasteiger partial charge >= 0.3 is 0 Å². The lowest BCUT2D eigenvalue weighted by atomic mass is 10.2. The Morgan fingerprint density at radius 1 is 1.38 bits per heavy atom. The van der Waals surface area contributed by atoms with Crippen LogP contribution in [0.4, 0.5) is 5.82 Å². The summed E-state index contributed by atoms with van der Waals surface area (Å²) in [7, 11) is 1.87. The maximum Gasteiger partial charge on any atom is 0.197 e. The molecule has 1 aliphatic rings.